The van der Waals surface area contributed by atoms with Gasteiger partial charge in [0.25, 0.3) is 0 Å². The van der Waals surface area contributed by atoms with Gasteiger partial charge in [-0.1, -0.05) is 48.9 Å². The lowest BCUT2D eigenvalue weighted by Crippen LogP contribution is -2.77. The van der Waals surface area contributed by atoms with E-state index in [1.54, 1.807) is 36.4 Å². The van der Waals surface area contributed by atoms with Crippen molar-refractivity contribution in [3.63, 3.8) is 0 Å². The number of phenolic OH excluding ortho intramolecular Hbond substituents is 6. The molecule has 29 nitrogen and oxygen atoms in total. The molecule has 7 unspecified atom stereocenters. The smallest absolute Gasteiger partial charge is 0.165 e. The number of aliphatic hydroxyl groups is 11. The lowest BCUT2D eigenvalue weighted by molar-refractivity contribution is -0.209. The summed E-state index contributed by atoms with van der Waals surface area (Å²) in [5.74, 6) is 6.09. The Morgan fingerprint density at radius 2 is 0.655 bits per heavy atom. The molecule has 18 N–H and O–H groups in total. The number of phenols is 6. The van der Waals surface area contributed by atoms with Crippen molar-refractivity contribution in [3.05, 3.63) is 152 Å². The van der Waals surface area contributed by atoms with Crippen molar-refractivity contribution in [2.24, 2.45) is 17.8 Å². The van der Waals surface area contributed by atoms with Gasteiger partial charge in [-0.25, -0.2) is 0 Å². The summed E-state index contributed by atoms with van der Waals surface area (Å²) in [6.07, 6.45) is 19.8. The fraction of sp³-hybridized carbons (Fsp3) is 0.655. The number of nitrogens with zero attached hydrogens (tertiary/aromatic N) is 5. The van der Waals surface area contributed by atoms with E-state index < -0.39 is 122 Å². The van der Waals surface area contributed by atoms with Crippen molar-refractivity contribution in [3.8, 4) is 69.0 Å². The molecule has 6 spiro atoms. The first kappa shape index (κ1) is 89.8. The zero-order valence-corrected chi connectivity index (χ0v) is 79.5. The first-order valence-corrected chi connectivity index (χ1v) is 52.6. The second kappa shape index (κ2) is 30.6. The van der Waals surface area contributed by atoms with Crippen LogP contribution in [0.4, 0.5) is 0 Å². The van der Waals surface area contributed by atoms with Crippen molar-refractivity contribution >= 4 is 0 Å². The minimum atomic E-state index is -0.940. The third-order valence-corrected chi connectivity index (χ3v) is 42.4. The molecular weight excluding hydrogens is 1770 g/mol. The molecule has 6 saturated heterocycles. The minimum absolute atomic E-state index is 0.00663. The Morgan fingerprint density at radius 1 is 0.331 bits per heavy atom. The minimum Gasteiger partial charge on any atom is -0.504 e. The van der Waals surface area contributed by atoms with Gasteiger partial charge >= 0.3 is 0 Å². The Kier molecular flexibility index (Phi) is 19.7. The second-order valence-corrected chi connectivity index (χ2v) is 47.6. The van der Waals surface area contributed by atoms with Crippen LogP contribution in [0.3, 0.4) is 0 Å². The molecule has 12 bridgehead atoms. The lowest BCUT2D eigenvalue weighted by Gasteiger charge is -2.64. The van der Waals surface area contributed by atoms with E-state index in [4.69, 9.17) is 28.4 Å². The Balaban J connectivity index is 0.0000000841. The number of piperidine rings is 6. The highest BCUT2D eigenvalue weighted by atomic mass is 16.5. The van der Waals surface area contributed by atoms with Gasteiger partial charge in [-0.3, -0.25) is 14.7 Å². The van der Waals surface area contributed by atoms with E-state index in [2.05, 4.69) is 56.6 Å². The van der Waals surface area contributed by atoms with Gasteiger partial charge in [0.05, 0.1) is 91.7 Å². The van der Waals surface area contributed by atoms with Gasteiger partial charge < -0.3 is 130 Å². The Bertz CT molecular complexity index is 6080. The lowest BCUT2D eigenvalue weighted by atomic mass is 9.48. The standard InChI is InChI=1S/C21H27NO4.C20H25NO4.C19H23NO4.C17H21NO4.C17H21NO3.C16H19NO4/c23-14-5-4-13-10-16-21(25)7-6-15(24)19-20(21,17(13)18(14)26-19)8-9-22(16)11-12-2-1-3-12;22-13-4-3-12-9-15-20(24)6-5-14(23)18-19(20,16(12)17(13)25-18)7-8-21(15)10-11-1-2-11;1-2-8-20-9-7-18-15-11-3-4-12(21)16(15)24-17(18)13(22)5-6-19(18,23)14(20)10-11;1-18-7-6-16-13-9-2-3-10(19)14(13)22-15(16)11(20)4-5-17(16,21)12(18)8-9;1-18-7-6-17-10-3-5-13(20)16(17)21-15-12(19)4-2-9(14(15)17)8-11(10)18;18-9-2-1-8-7-11-16(20)4-3-10(19)14-15(16,5-6-17-11)12(8)13(9)21-14/h4-5,12,15-16,19,23-25H,1-3,6-11H2;3-4,11,14-15,18,22-24H,1-2,5-10H2;2-4,13-14,17,21-23H,1,5-10H2;2-3,11-12,15,19-21H,4-8H2,1H3;2,4,10-11,13,16,19-20H,3,5-8H2,1H3;1-2,10-11,14,17-20H,3-7H2/t15-,16?,19-,20-,21+;14-,15?,18-,19-,20+;13-,14?,17-,18-,19+;11-,12?,15-,16-,17+;10?,11?,13-,16-,17-;10-,11?,14-,15-,16+/m000000/s1. The number of likely N-dealkylation sites (tertiary alicyclic amines) is 5. The zero-order valence-electron chi connectivity index (χ0n) is 79.5. The van der Waals surface area contributed by atoms with Crippen molar-refractivity contribution in [2.45, 2.75) is 356 Å². The number of aromatic hydroxyl groups is 6. The Hall–Kier alpha value is -8.02. The molecule has 26 aliphatic rings. The molecule has 8 saturated carbocycles. The van der Waals surface area contributed by atoms with Crippen LogP contribution in [0.5, 0.6) is 69.0 Å². The number of rotatable bonds is 6. The molecule has 12 heterocycles. The maximum atomic E-state index is 12.1. The molecular formula is C110H136N6O23. The number of benzene rings is 6. The van der Waals surface area contributed by atoms with E-state index in [1.807, 2.05) is 36.4 Å². The molecule has 29 heteroatoms. The average Bonchev–Trinajstić information content (AvgIpc) is 1.49. The molecule has 0 amide bonds. The summed E-state index contributed by atoms with van der Waals surface area (Å²) in [4.78, 5) is 12.1. The monoisotopic (exact) mass is 1910 g/mol. The summed E-state index contributed by atoms with van der Waals surface area (Å²) in [5, 5.41) is 188. The Morgan fingerprint density at radius 3 is 1.05 bits per heavy atom. The molecule has 14 aliphatic carbocycles. The van der Waals surface area contributed by atoms with E-state index in [0.29, 0.717) is 111 Å². The van der Waals surface area contributed by atoms with Crippen molar-refractivity contribution in [1.29, 1.82) is 0 Å². The SMILES string of the molecule is C=CCN1CC[C@]23c4c5ccc(O)c4O[C@H]2[C@@H](O)CC[C@@]3(O)C1C5.CN1CC[C@]23c4c5ccc(O)c4O[C@H]2[C@@H](O)CCC3C1C5.CN1CC[C@]23c4c5ccc(O)c4O[C@H]2[C@@H](O)CC[C@@]3(O)C1C5.Oc1ccc2c3c1O[C@H]1[C@@H](O)CC[C@@]4(O)C(C2)N(CC2CC2)CC[C@]314.Oc1ccc2c3c1O[C@H]1[C@@H](O)CC[C@@]4(O)C(C2)N(CC2CCC2)CC[C@]314.Oc1ccc2c3c1O[C@H]1[C@@H](O)CC[C@@]4(O)C(C2)NCC[C@]314. The van der Waals surface area contributed by atoms with Crippen molar-refractivity contribution in [1.82, 2.24) is 29.8 Å². The summed E-state index contributed by atoms with van der Waals surface area (Å²) in [6.45, 7) is 12.2. The van der Waals surface area contributed by atoms with Gasteiger partial charge in [0, 0.05) is 94.7 Å². The van der Waals surface area contributed by atoms with Gasteiger partial charge in [-0.2, -0.15) is 0 Å². The average molecular weight is 1910 g/mol. The summed E-state index contributed by atoms with van der Waals surface area (Å²) in [7, 11) is 4.29. The molecule has 12 aliphatic heterocycles. The number of hydrogen-bond donors (Lipinski definition) is 18. The third kappa shape index (κ3) is 11.3. The number of likely N-dealkylation sites (N-methyl/N-ethyl adjacent to an activating group) is 2. The highest BCUT2D eigenvalue weighted by Crippen LogP contribution is 2.73. The number of aliphatic hydroxyl groups excluding tert-OH is 6. The predicted molar refractivity (Wildman–Crippen MR) is 506 cm³/mol. The number of hydrogen-bond acceptors (Lipinski definition) is 29. The highest BCUT2D eigenvalue weighted by molar-refractivity contribution is 5.69. The number of ether oxygens (including phenoxy) is 6. The van der Waals surface area contributed by atoms with Gasteiger partial charge in [0.15, 0.2) is 69.0 Å². The molecule has 32 rings (SSSR count). The molecule has 744 valence electrons. The largest absolute Gasteiger partial charge is 0.504 e. The summed E-state index contributed by atoms with van der Waals surface area (Å²) in [5.41, 5.74) is 5.63. The van der Waals surface area contributed by atoms with Crippen LogP contribution in [0.25, 0.3) is 0 Å². The maximum Gasteiger partial charge on any atom is 0.165 e. The molecule has 30 atom stereocenters. The summed E-state index contributed by atoms with van der Waals surface area (Å²) < 4.78 is 36.6. The normalized spacial score (nSPS) is 44.1. The van der Waals surface area contributed by atoms with Gasteiger partial charge in [-0.05, 0) is 321 Å². The van der Waals surface area contributed by atoms with Gasteiger partial charge in [0.1, 0.15) is 36.6 Å². The van der Waals surface area contributed by atoms with Crippen molar-refractivity contribution in [2.75, 3.05) is 73.0 Å². The van der Waals surface area contributed by atoms with Crippen LogP contribution in [0.15, 0.2) is 85.5 Å². The van der Waals surface area contributed by atoms with Crippen LogP contribution in [-0.4, -0.2) is 322 Å². The van der Waals surface area contributed by atoms with Crippen LogP contribution in [0.1, 0.15) is 214 Å². The summed E-state index contributed by atoms with van der Waals surface area (Å²) in [6, 6.07) is 22.8. The molecule has 139 heavy (non-hydrogen) atoms. The van der Waals surface area contributed by atoms with Crippen LogP contribution < -0.4 is 33.7 Å². The fourth-order valence-electron chi connectivity index (χ4n) is 36.1. The zero-order chi connectivity index (χ0) is 95.4. The first-order chi connectivity index (χ1) is 66.8. The fourth-order valence-corrected chi connectivity index (χ4v) is 36.1. The van der Waals surface area contributed by atoms with Crippen LogP contribution in [0.2, 0.25) is 0 Å². The summed E-state index contributed by atoms with van der Waals surface area (Å²) >= 11 is 0. The molecule has 14 fully saturated rings. The van der Waals surface area contributed by atoms with Crippen LogP contribution in [0, 0.1) is 17.8 Å². The topological polar surface area (TPSA) is 428 Å². The van der Waals surface area contributed by atoms with Gasteiger partial charge in [-0.15, -0.1) is 6.58 Å². The van der Waals surface area contributed by atoms with Crippen LogP contribution >= 0.6 is 0 Å². The second-order valence-electron chi connectivity index (χ2n) is 47.6. The van der Waals surface area contributed by atoms with E-state index in [9.17, 15) is 86.8 Å². The van der Waals surface area contributed by atoms with Crippen molar-refractivity contribution < 1.29 is 115 Å². The molecule has 0 radical (unpaired) electrons. The van der Waals surface area contributed by atoms with E-state index in [0.717, 1.165) is 205 Å². The maximum absolute atomic E-state index is 12.1. The predicted octanol–water partition coefficient (Wildman–Crippen LogP) is 6.27. The highest BCUT2D eigenvalue weighted by Gasteiger charge is 2.80. The number of nitrogens with one attached hydrogen (secondary N) is 1. The third-order valence-electron chi connectivity index (χ3n) is 42.4. The van der Waals surface area contributed by atoms with E-state index in [-0.39, 0.29) is 76.2 Å². The molecule has 6 aromatic carbocycles. The molecule has 0 aromatic heterocycles. The first-order valence-electron chi connectivity index (χ1n) is 52.6. The van der Waals surface area contributed by atoms with Gasteiger partial charge in [0.2, 0.25) is 0 Å². The van der Waals surface area contributed by atoms with E-state index in [1.165, 1.54) is 54.4 Å². The quantitative estimate of drug-likeness (QED) is 0.0817. The van der Waals surface area contributed by atoms with Crippen LogP contribution in [-0.2, 0) is 71.0 Å². The molecule has 6 aromatic rings. The van der Waals surface area contributed by atoms with E-state index >= 15 is 0 Å². The Labute approximate surface area is 808 Å².